The number of amides is 2. The molecule has 0 aliphatic carbocycles. The van der Waals surface area contributed by atoms with E-state index >= 15 is 0 Å². The molecule has 18 heteroatoms. The first-order valence-corrected chi connectivity index (χ1v) is 17.8. The largest absolute Gasteiger partial charge is 0.369 e. The molecule has 0 bridgehead atoms. The van der Waals surface area contributed by atoms with E-state index in [9.17, 15) is 26.4 Å². The van der Waals surface area contributed by atoms with Crippen LogP contribution in [0, 0.1) is 0 Å². The molecule has 42 heavy (non-hydrogen) atoms. The standard InChI is InChI=1S/2C12H17ClN4O3S/c2*1-21(19,20)9-8-15-12(13)16-11(9)14-5-3-7-17-6-2-4-10(17)18/h2*8H,2-7H2,1H3,(H,14,15,16). The van der Waals surface area contributed by atoms with E-state index in [1.54, 1.807) is 0 Å². The van der Waals surface area contributed by atoms with Crippen molar-refractivity contribution in [2.24, 2.45) is 0 Å². The maximum atomic E-state index is 11.6. The Morgan fingerprint density at radius 2 is 1.12 bits per heavy atom. The van der Waals surface area contributed by atoms with Crippen molar-refractivity contribution in [3.63, 3.8) is 0 Å². The molecule has 4 rings (SSSR count). The van der Waals surface area contributed by atoms with Crippen LogP contribution in [0.5, 0.6) is 0 Å². The average Bonchev–Trinajstić information content (AvgIpc) is 3.50. The Kier molecular flexibility index (Phi) is 12.1. The van der Waals surface area contributed by atoms with Gasteiger partial charge in [-0.05, 0) is 48.9 Å². The Labute approximate surface area is 255 Å². The molecule has 2 aromatic heterocycles. The van der Waals surface area contributed by atoms with Crippen LogP contribution in [0.25, 0.3) is 0 Å². The van der Waals surface area contributed by atoms with Crippen molar-refractivity contribution in [1.29, 1.82) is 0 Å². The highest BCUT2D eigenvalue weighted by atomic mass is 35.5. The van der Waals surface area contributed by atoms with Gasteiger partial charge in [0.15, 0.2) is 19.7 Å². The third-order valence-electron chi connectivity index (χ3n) is 6.39. The van der Waals surface area contributed by atoms with Gasteiger partial charge >= 0.3 is 0 Å². The molecule has 0 spiro atoms. The number of aromatic nitrogens is 4. The predicted octanol–water partition coefficient (Wildman–Crippen LogP) is 1.92. The number of nitrogens with one attached hydrogen (secondary N) is 2. The summed E-state index contributed by atoms with van der Waals surface area (Å²) in [6.07, 6.45) is 9.03. The zero-order valence-corrected chi connectivity index (χ0v) is 26.5. The van der Waals surface area contributed by atoms with Gasteiger partial charge in [0.1, 0.15) is 21.4 Å². The molecule has 0 saturated carbocycles. The smallest absolute Gasteiger partial charge is 0.224 e. The number of carbonyl (C=O) groups is 2. The third-order valence-corrected chi connectivity index (χ3v) is 8.95. The second kappa shape index (κ2) is 15.1. The quantitative estimate of drug-likeness (QED) is 0.248. The molecule has 2 amide bonds. The SMILES string of the molecule is CS(=O)(=O)c1cnc(Cl)nc1NCCCN1CCCC1=O.CS(=O)(=O)c1cnc(Cl)nc1NCCCN1CCCC1=O. The van der Waals surface area contributed by atoms with Gasteiger partial charge in [-0.1, -0.05) is 0 Å². The van der Waals surface area contributed by atoms with E-state index < -0.39 is 19.7 Å². The summed E-state index contributed by atoms with van der Waals surface area (Å²) in [7, 11) is -6.84. The van der Waals surface area contributed by atoms with Gasteiger partial charge in [0.25, 0.3) is 0 Å². The van der Waals surface area contributed by atoms with Crippen LogP contribution in [0.4, 0.5) is 11.6 Å². The van der Waals surface area contributed by atoms with Gasteiger partial charge in [-0.3, -0.25) is 9.59 Å². The van der Waals surface area contributed by atoms with Crippen molar-refractivity contribution in [2.75, 3.05) is 62.4 Å². The van der Waals surface area contributed by atoms with E-state index in [0.717, 1.165) is 38.4 Å². The number of hydrogen-bond donors (Lipinski definition) is 2. The number of carbonyl (C=O) groups excluding carboxylic acids is 2. The molecule has 0 aromatic carbocycles. The molecule has 0 unspecified atom stereocenters. The minimum atomic E-state index is -3.42. The Hall–Kier alpha value is -2.82. The lowest BCUT2D eigenvalue weighted by Gasteiger charge is -2.16. The Morgan fingerprint density at radius 3 is 1.43 bits per heavy atom. The fraction of sp³-hybridized carbons (Fsp3) is 0.583. The van der Waals surface area contributed by atoms with Gasteiger partial charge in [-0.15, -0.1) is 0 Å². The van der Waals surface area contributed by atoms with Crippen LogP contribution >= 0.6 is 23.2 Å². The van der Waals surface area contributed by atoms with Crippen molar-refractivity contribution in [2.45, 2.75) is 48.3 Å². The minimum absolute atomic E-state index is 0.0142. The normalized spacial score (nSPS) is 15.5. The summed E-state index contributed by atoms with van der Waals surface area (Å²) >= 11 is 11.4. The maximum Gasteiger partial charge on any atom is 0.224 e. The molecule has 4 heterocycles. The van der Waals surface area contributed by atoms with Crippen LogP contribution in [-0.2, 0) is 29.3 Å². The summed E-state index contributed by atoms with van der Waals surface area (Å²) in [5.74, 6) is 0.754. The third kappa shape index (κ3) is 10.2. The van der Waals surface area contributed by atoms with Crippen LogP contribution in [0.2, 0.25) is 10.6 Å². The number of hydrogen-bond acceptors (Lipinski definition) is 12. The summed E-state index contributed by atoms with van der Waals surface area (Å²) in [6.45, 7) is 3.90. The second-order valence-electron chi connectivity index (χ2n) is 9.78. The lowest BCUT2D eigenvalue weighted by atomic mass is 10.4. The van der Waals surface area contributed by atoms with E-state index in [4.69, 9.17) is 23.2 Å². The number of nitrogens with zero attached hydrogens (tertiary/aromatic N) is 6. The molecular formula is C24H34Cl2N8O6S2. The highest BCUT2D eigenvalue weighted by Crippen LogP contribution is 2.21. The molecule has 2 aliphatic rings. The van der Waals surface area contributed by atoms with Crippen LogP contribution in [0.15, 0.2) is 22.2 Å². The molecule has 232 valence electrons. The summed E-state index contributed by atoms with van der Waals surface area (Å²) in [5.41, 5.74) is 0. The lowest BCUT2D eigenvalue weighted by molar-refractivity contribution is -0.128. The summed E-state index contributed by atoms with van der Waals surface area (Å²) in [5, 5.41) is 5.86. The van der Waals surface area contributed by atoms with E-state index in [-0.39, 0.29) is 43.8 Å². The van der Waals surface area contributed by atoms with Gasteiger partial charge in [0, 0.05) is 64.6 Å². The molecule has 14 nitrogen and oxygen atoms in total. The first-order valence-electron chi connectivity index (χ1n) is 13.2. The highest BCUT2D eigenvalue weighted by molar-refractivity contribution is 7.91. The number of sulfone groups is 2. The number of rotatable bonds is 12. The van der Waals surface area contributed by atoms with Crippen LogP contribution in [0.1, 0.15) is 38.5 Å². The van der Waals surface area contributed by atoms with Gasteiger partial charge in [0.2, 0.25) is 22.4 Å². The summed E-state index contributed by atoms with van der Waals surface area (Å²) < 4.78 is 46.5. The number of halogens is 2. The van der Waals surface area contributed by atoms with Crippen molar-refractivity contribution < 1.29 is 26.4 Å². The van der Waals surface area contributed by atoms with E-state index in [1.165, 1.54) is 12.4 Å². The van der Waals surface area contributed by atoms with Gasteiger partial charge in [0.05, 0.1) is 12.4 Å². The number of likely N-dealkylation sites (tertiary alicyclic amines) is 2. The van der Waals surface area contributed by atoms with Crippen molar-refractivity contribution >= 4 is 66.3 Å². The van der Waals surface area contributed by atoms with Crippen molar-refractivity contribution in [3.05, 3.63) is 23.0 Å². The van der Waals surface area contributed by atoms with Gasteiger partial charge in [-0.2, -0.15) is 9.97 Å². The molecule has 0 radical (unpaired) electrons. The topological polar surface area (TPSA) is 185 Å². The fourth-order valence-electron chi connectivity index (χ4n) is 4.33. The molecule has 2 saturated heterocycles. The van der Waals surface area contributed by atoms with Crippen LogP contribution < -0.4 is 10.6 Å². The molecule has 2 aromatic rings. The summed E-state index contributed by atoms with van der Waals surface area (Å²) in [4.78, 5) is 41.8. The molecule has 0 atom stereocenters. The lowest BCUT2D eigenvalue weighted by Crippen LogP contribution is -2.27. The highest BCUT2D eigenvalue weighted by Gasteiger charge is 2.21. The number of anilines is 2. The van der Waals surface area contributed by atoms with E-state index in [1.807, 2.05) is 9.80 Å². The fourth-order valence-corrected chi connectivity index (χ4v) is 6.02. The average molecular weight is 666 g/mol. The van der Waals surface area contributed by atoms with Crippen LogP contribution in [-0.4, -0.2) is 110 Å². The molecule has 2 fully saturated rings. The Bertz CT molecular complexity index is 1380. The molecular weight excluding hydrogens is 631 g/mol. The van der Waals surface area contributed by atoms with E-state index in [0.29, 0.717) is 51.9 Å². The zero-order chi connectivity index (χ0) is 30.9. The van der Waals surface area contributed by atoms with Crippen molar-refractivity contribution in [3.8, 4) is 0 Å². The Balaban J connectivity index is 0.000000230. The first-order chi connectivity index (χ1) is 19.8. The van der Waals surface area contributed by atoms with E-state index in [2.05, 4.69) is 30.6 Å². The van der Waals surface area contributed by atoms with Crippen molar-refractivity contribution in [1.82, 2.24) is 29.7 Å². The second-order valence-corrected chi connectivity index (χ2v) is 14.4. The predicted molar refractivity (Wildman–Crippen MR) is 158 cm³/mol. The molecule has 2 N–H and O–H groups in total. The maximum absolute atomic E-state index is 11.6. The Morgan fingerprint density at radius 1 is 0.738 bits per heavy atom. The monoisotopic (exact) mass is 664 g/mol. The van der Waals surface area contributed by atoms with Gasteiger partial charge < -0.3 is 20.4 Å². The zero-order valence-electron chi connectivity index (χ0n) is 23.3. The van der Waals surface area contributed by atoms with Gasteiger partial charge in [-0.25, -0.2) is 26.8 Å². The van der Waals surface area contributed by atoms with Crippen LogP contribution in [0.3, 0.4) is 0 Å². The summed E-state index contributed by atoms with van der Waals surface area (Å²) in [6, 6.07) is 0. The first kappa shape index (κ1) is 33.7. The molecule has 2 aliphatic heterocycles. The minimum Gasteiger partial charge on any atom is -0.369 e.